The van der Waals surface area contributed by atoms with E-state index in [2.05, 4.69) is 20.1 Å². The highest BCUT2D eigenvalue weighted by Gasteiger charge is 2.09. The van der Waals surface area contributed by atoms with Crippen molar-refractivity contribution in [2.24, 2.45) is 0 Å². The zero-order valence-corrected chi connectivity index (χ0v) is 9.64. The standard InChI is InChI=1S/C9H10ClN5O/c1-3-15-5-6(4-11-15)7-12-8(10)14-9(13-7)16-2/h4-5H,3H2,1-2H3. The maximum Gasteiger partial charge on any atom is 0.321 e. The third-order valence-electron chi connectivity index (χ3n) is 1.99. The highest BCUT2D eigenvalue weighted by atomic mass is 35.5. The van der Waals surface area contributed by atoms with Gasteiger partial charge in [-0.1, -0.05) is 0 Å². The second kappa shape index (κ2) is 4.44. The third-order valence-corrected chi connectivity index (χ3v) is 2.15. The molecule has 0 spiro atoms. The average Bonchev–Trinajstić information content (AvgIpc) is 2.76. The number of ether oxygens (including phenoxy) is 1. The summed E-state index contributed by atoms with van der Waals surface area (Å²) >= 11 is 5.75. The minimum absolute atomic E-state index is 0.103. The smallest absolute Gasteiger partial charge is 0.321 e. The summed E-state index contributed by atoms with van der Waals surface area (Å²) in [4.78, 5) is 11.9. The minimum atomic E-state index is 0.103. The number of methoxy groups -OCH3 is 1. The first-order valence-electron chi connectivity index (χ1n) is 4.71. The van der Waals surface area contributed by atoms with E-state index in [0.29, 0.717) is 5.82 Å². The van der Waals surface area contributed by atoms with Gasteiger partial charge in [-0.05, 0) is 18.5 Å². The van der Waals surface area contributed by atoms with Crippen molar-refractivity contribution in [2.45, 2.75) is 13.5 Å². The summed E-state index contributed by atoms with van der Waals surface area (Å²) in [5, 5.41) is 4.23. The van der Waals surface area contributed by atoms with E-state index in [1.165, 1.54) is 7.11 Å². The molecule has 0 saturated heterocycles. The molecule has 0 amide bonds. The van der Waals surface area contributed by atoms with Crippen molar-refractivity contribution >= 4 is 11.6 Å². The van der Waals surface area contributed by atoms with Crippen LogP contribution in [0.3, 0.4) is 0 Å². The Morgan fingerprint density at radius 2 is 2.19 bits per heavy atom. The lowest BCUT2D eigenvalue weighted by atomic mass is 10.3. The molecule has 0 saturated carbocycles. The molecule has 2 rings (SSSR count). The van der Waals surface area contributed by atoms with Crippen LogP contribution in [-0.2, 0) is 6.54 Å². The maximum atomic E-state index is 5.75. The van der Waals surface area contributed by atoms with Crippen molar-refractivity contribution in [2.75, 3.05) is 7.11 Å². The second-order valence-corrected chi connectivity index (χ2v) is 3.34. The SMILES string of the molecule is CCn1cc(-c2nc(Cl)nc(OC)n2)cn1. The molecule has 7 heteroatoms. The van der Waals surface area contributed by atoms with Crippen LogP contribution in [0.5, 0.6) is 6.01 Å². The molecule has 0 unspecified atom stereocenters. The Labute approximate surface area is 97.3 Å². The van der Waals surface area contributed by atoms with Crippen LogP contribution in [0.1, 0.15) is 6.92 Å². The first-order chi connectivity index (χ1) is 7.72. The van der Waals surface area contributed by atoms with Gasteiger partial charge in [-0.3, -0.25) is 4.68 Å². The zero-order chi connectivity index (χ0) is 11.5. The van der Waals surface area contributed by atoms with Crippen LogP contribution in [0.4, 0.5) is 0 Å². The molecule has 16 heavy (non-hydrogen) atoms. The normalized spacial score (nSPS) is 10.4. The molecule has 2 aromatic rings. The number of hydrogen-bond acceptors (Lipinski definition) is 5. The molecule has 0 aliphatic heterocycles. The number of aromatic nitrogens is 5. The molecule has 6 nitrogen and oxygen atoms in total. The Morgan fingerprint density at radius 1 is 1.38 bits per heavy atom. The van der Waals surface area contributed by atoms with Crippen molar-refractivity contribution in [3.63, 3.8) is 0 Å². The van der Waals surface area contributed by atoms with Gasteiger partial charge in [-0.25, -0.2) is 0 Å². The largest absolute Gasteiger partial charge is 0.467 e. The Bertz CT molecular complexity index is 498. The number of hydrogen-bond donors (Lipinski definition) is 0. The van der Waals surface area contributed by atoms with Gasteiger partial charge in [0.15, 0.2) is 5.82 Å². The van der Waals surface area contributed by atoms with E-state index < -0.39 is 0 Å². The lowest BCUT2D eigenvalue weighted by Crippen LogP contribution is -1.97. The van der Waals surface area contributed by atoms with Crippen LogP contribution in [0.25, 0.3) is 11.4 Å². The molecule has 0 fully saturated rings. The summed E-state index contributed by atoms with van der Waals surface area (Å²) in [5.41, 5.74) is 0.782. The van der Waals surface area contributed by atoms with E-state index in [-0.39, 0.29) is 11.3 Å². The Kier molecular flexibility index (Phi) is 3.00. The van der Waals surface area contributed by atoms with Gasteiger partial charge in [0.05, 0.1) is 18.9 Å². The van der Waals surface area contributed by atoms with Crippen LogP contribution >= 0.6 is 11.6 Å². The highest BCUT2D eigenvalue weighted by Crippen LogP contribution is 2.17. The van der Waals surface area contributed by atoms with Crippen LogP contribution in [0, 0.1) is 0 Å². The van der Waals surface area contributed by atoms with E-state index in [0.717, 1.165) is 12.1 Å². The van der Waals surface area contributed by atoms with E-state index >= 15 is 0 Å². The van der Waals surface area contributed by atoms with Crippen LogP contribution in [0.2, 0.25) is 5.28 Å². The Hall–Kier alpha value is -1.69. The minimum Gasteiger partial charge on any atom is -0.467 e. The van der Waals surface area contributed by atoms with Gasteiger partial charge in [0.1, 0.15) is 0 Å². The van der Waals surface area contributed by atoms with Gasteiger partial charge in [-0.2, -0.15) is 20.1 Å². The molecule has 0 radical (unpaired) electrons. The van der Waals surface area contributed by atoms with Gasteiger partial charge in [0.25, 0.3) is 0 Å². The van der Waals surface area contributed by atoms with Crippen LogP contribution in [0.15, 0.2) is 12.4 Å². The molecule has 0 N–H and O–H groups in total. The summed E-state index contributed by atoms with van der Waals surface area (Å²) < 4.78 is 6.69. The van der Waals surface area contributed by atoms with Crippen molar-refractivity contribution in [3.8, 4) is 17.4 Å². The summed E-state index contributed by atoms with van der Waals surface area (Å²) in [6.45, 7) is 2.79. The Balaban J connectivity index is 2.42. The molecular formula is C9H10ClN5O. The van der Waals surface area contributed by atoms with E-state index in [4.69, 9.17) is 16.3 Å². The second-order valence-electron chi connectivity index (χ2n) is 3.00. The predicted molar refractivity (Wildman–Crippen MR) is 58.3 cm³/mol. The fourth-order valence-electron chi connectivity index (χ4n) is 1.20. The zero-order valence-electron chi connectivity index (χ0n) is 8.88. The number of aryl methyl sites for hydroxylation is 1. The fourth-order valence-corrected chi connectivity index (χ4v) is 1.36. The lowest BCUT2D eigenvalue weighted by molar-refractivity contribution is 0.379. The molecular weight excluding hydrogens is 230 g/mol. The molecule has 84 valence electrons. The molecule has 0 aliphatic rings. The number of nitrogens with zero attached hydrogens (tertiary/aromatic N) is 5. The number of halogens is 1. The van der Waals surface area contributed by atoms with Gasteiger partial charge in [0, 0.05) is 12.7 Å². The summed E-state index contributed by atoms with van der Waals surface area (Å²) in [7, 11) is 1.48. The third kappa shape index (κ3) is 2.11. The van der Waals surface area contributed by atoms with E-state index in [1.54, 1.807) is 10.9 Å². The topological polar surface area (TPSA) is 65.7 Å². The van der Waals surface area contributed by atoms with Crippen molar-refractivity contribution in [1.29, 1.82) is 0 Å². The average molecular weight is 240 g/mol. The monoisotopic (exact) mass is 239 g/mol. The van der Waals surface area contributed by atoms with Gasteiger partial charge in [-0.15, -0.1) is 0 Å². The summed E-state index contributed by atoms with van der Waals surface area (Å²) in [5.74, 6) is 0.455. The highest BCUT2D eigenvalue weighted by molar-refractivity contribution is 6.28. The number of rotatable bonds is 3. The lowest BCUT2D eigenvalue weighted by Gasteiger charge is -2.00. The van der Waals surface area contributed by atoms with Gasteiger partial charge >= 0.3 is 6.01 Å². The van der Waals surface area contributed by atoms with Crippen LogP contribution in [-0.4, -0.2) is 31.8 Å². The fraction of sp³-hybridized carbons (Fsp3) is 0.333. The molecule has 2 heterocycles. The first-order valence-corrected chi connectivity index (χ1v) is 5.09. The van der Waals surface area contributed by atoms with Crippen molar-refractivity contribution < 1.29 is 4.74 Å². The first kappa shape index (κ1) is 10.8. The summed E-state index contributed by atoms with van der Waals surface area (Å²) in [6, 6.07) is 0.194. The molecule has 0 bridgehead atoms. The molecule has 0 atom stereocenters. The quantitative estimate of drug-likeness (QED) is 0.810. The Morgan fingerprint density at radius 3 is 2.81 bits per heavy atom. The molecule has 0 aromatic carbocycles. The van der Waals surface area contributed by atoms with Crippen molar-refractivity contribution in [1.82, 2.24) is 24.7 Å². The predicted octanol–water partition coefficient (Wildman–Crippen LogP) is 1.42. The van der Waals surface area contributed by atoms with Gasteiger partial charge < -0.3 is 4.74 Å². The molecule has 0 aliphatic carbocycles. The molecule has 2 aromatic heterocycles. The van der Waals surface area contributed by atoms with Crippen molar-refractivity contribution in [3.05, 3.63) is 17.7 Å². The van der Waals surface area contributed by atoms with E-state index in [9.17, 15) is 0 Å². The van der Waals surface area contributed by atoms with Crippen LogP contribution < -0.4 is 4.74 Å². The summed E-state index contributed by atoms with van der Waals surface area (Å²) in [6.07, 6.45) is 3.51. The maximum absolute atomic E-state index is 5.75. The van der Waals surface area contributed by atoms with Gasteiger partial charge in [0.2, 0.25) is 5.28 Å². The van der Waals surface area contributed by atoms with E-state index in [1.807, 2.05) is 13.1 Å².